The first-order valence-electron chi connectivity index (χ1n) is 5.02. The van der Waals surface area contributed by atoms with Gasteiger partial charge < -0.3 is 0 Å². The fourth-order valence-corrected chi connectivity index (χ4v) is 2.15. The fourth-order valence-electron chi connectivity index (χ4n) is 1.36. The lowest BCUT2D eigenvalue weighted by Crippen LogP contribution is -1.89. The van der Waals surface area contributed by atoms with Crippen molar-refractivity contribution in [1.82, 2.24) is 9.97 Å². The van der Waals surface area contributed by atoms with E-state index in [1.165, 1.54) is 4.90 Å². The Bertz CT molecular complexity index is 468. The molecule has 1 heterocycles. The summed E-state index contributed by atoms with van der Waals surface area (Å²) in [4.78, 5) is 9.72. The Morgan fingerprint density at radius 2 is 1.88 bits per heavy atom. The van der Waals surface area contributed by atoms with E-state index in [0.29, 0.717) is 0 Å². The van der Waals surface area contributed by atoms with Crippen molar-refractivity contribution >= 4 is 11.8 Å². The van der Waals surface area contributed by atoms with E-state index in [2.05, 4.69) is 22.6 Å². The topological polar surface area (TPSA) is 25.8 Å². The average molecular weight is 228 g/mol. The predicted octanol–water partition coefficient (Wildman–Crippen LogP) is 3.42. The molecule has 0 aliphatic heterocycles. The third-order valence-corrected chi connectivity index (χ3v) is 3.12. The molecule has 0 spiro atoms. The zero-order chi connectivity index (χ0) is 11.2. The van der Waals surface area contributed by atoms with Crippen LogP contribution in [0.3, 0.4) is 0 Å². The first-order chi connectivity index (χ1) is 7.92. The molecule has 2 aromatic rings. The van der Waals surface area contributed by atoms with Crippen LogP contribution in [0.4, 0.5) is 0 Å². The van der Waals surface area contributed by atoms with Crippen LogP contribution in [0.1, 0.15) is 0 Å². The molecule has 0 saturated carbocycles. The largest absolute Gasteiger partial charge is 0.237 e. The van der Waals surface area contributed by atoms with Crippen molar-refractivity contribution in [2.24, 2.45) is 0 Å². The van der Waals surface area contributed by atoms with Gasteiger partial charge in [-0.2, -0.15) is 0 Å². The molecule has 0 atom stereocenters. The minimum Gasteiger partial charge on any atom is -0.237 e. The maximum Gasteiger partial charge on any atom is 0.160 e. The molecule has 0 saturated heterocycles. The third-order valence-electron chi connectivity index (χ3n) is 2.05. The maximum absolute atomic E-state index is 4.27. The van der Waals surface area contributed by atoms with Crippen LogP contribution in [0.5, 0.6) is 0 Å². The molecule has 2 rings (SSSR count). The van der Waals surface area contributed by atoms with Gasteiger partial charge >= 0.3 is 0 Å². The Labute approximate surface area is 99.5 Å². The van der Waals surface area contributed by atoms with Crippen molar-refractivity contribution in [3.05, 3.63) is 55.4 Å². The molecule has 3 heteroatoms. The van der Waals surface area contributed by atoms with Gasteiger partial charge in [0, 0.05) is 28.6 Å². The van der Waals surface area contributed by atoms with Crippen molar-refractivity contribution in [3.63, 3.8) is 0 Å². The molecule has 0 N–H and O–H groups in total. The predicted molar refractivity (Wildman–Crippen MR) is 68.4 cm³/mol. The average Bonchev–Trinajstić information content (AvgIpc) is 2.38. The zero-order valence-electron chi connectivity index (χ0n) is 8.84. The molecule has 0 unspecified atom stereocenters. The van der Waals surface area contributed by atoms with Gasteiger partial charge in [-0.1, -0.05) is 24.3 Å². The van der Waals surface area contributed by atoms with E-state index in [4.69, 9.17) is 0 Å². The summed E-state index contributed by atoms with van der Waals surface area (Å²) in [5, 5.41) is 0. The smallest absolute Gasteiger partial charge is 0.160 e. The van der Waals surface area contributed by atoms with Gasteiger partial charge in [0.05, 0.1) is 0 Å². The molecule has 0 aliphatic rings. The monoisotopic (exact) mass is 228 g/mol. The molecule has 0 amide bonds. The Balaban J connectivity index is 2.36. The van der Waals surface area contributed by atoms with Crippen molar-refractivity contribution in [3.8, 4) is 11.4 Å². The zero-order valence-corrected chi connectivity index (χ0v) is 9.65. The Morgan fingerprint density at radius 3 is 2.62 bits per heavy atom. The Hall–Kier alpha value is -1.61. The van der Waals surface area contributed by atoms with E-state index in [1.54, 1.807) is 24.2 Å². The first-order valence-corrected chi connectivity index (χ1v) is 6.00. The summed E-state index contributed by atoms with van der Waals surface area (Å²) in [6, 6.07) is 9.98. The second-order valence-corrected chi connectivity index (χ2v) is 4.23. The number of hydrogen-bond donors (Lipinski definition) is 0. The van der Waals surface area contributed by atoms with Gasteiger partial charge in [-0.25, -0.2) is 9.97 Å². The summed E-state index contributed by atoms with van der Waals surface area (Å²) in [7, 11) is 0. The molecular weight excluding hydrogens is 216 g/mol. The van der Waals surface area contributed by atoms with E-state index in [-0.39, 0.29) is 0 Å². The lowest BCUT2D eigenvalue weighted by atomic mass is 10.2. The molecule has 0 bridgehead atoms. The Morgan fingerprint density at radius 1 is 1.12 bits per heavy atom. The normalized spacial score (nSPS) is 10.0. The molecule has 0 fully saturated rings. The van der Waals surface area contributed by atoms with Gasteiger partial charge in [-0.15, -0.1) is 18.3 Å². The number of rotatable bonds is 4. The van der Waals surface area contributed by atoms with Gasteiger partial charge in [0.25, 0.3) is 0 Å². The van der Waals surface area contributed by atoms with Crippen LogP contribution < -0.4 is 0 Å². The molecule has 0 aliphatic carbocycles. The minimum atomic E-state index is 0.773. The molecule has 2 nitrogen and oxygen atoms in total. The second-order valence-electron chi connectivity index (χ2n) is 3.17. The summed E-state index contributed by atoms with van der Waals surface area (Å²) in [5.74, 6) is 1.67. The number of nitrogens with zero attached hydrogens (tertiary/aromatic N) is 2. The highest BCUT2D eigenvalue weighted by atomic mass is 32.2. The van der Waals surface area contributed by atoms with Gasteiger partial charge in [0.15, 0.2) is 5.82 Å². The lowest BCUT2D eigenvalue weighted by molar-refractivity contribution is 1.16. The van der Waals surface area contributed by atoms with E-state index in [1.807, 2.05) is 30.3 Å². The summed E-state index contributed by atoms with van der Waals surface area (Å²) >= 11 is 1.74. The first kappa shape index (κ1) is 10.9. The number of hydrogen-bond acceptors (Lipinski definition) is 3. The molecular formula is C13H12N2S. The van der Waals surface area contributed by atoms with Gasteiger partial charge in [0.2, 0.25) is 0 Å². The summed E-state index contributed by atoms with van der Waals surface area (Å²) in [5.41, 5.74) is 1.08. The quantitative estimate of drug-likeness (QED) is 0.592. The minimum absolute atomic E-state index is 0.773. The van der Waals surface area contributed by atoms with Crippen LogP contribution in [0, 0.1) is 0 Å². The summed E-state index contributed by atoms with van der Waals surface area (Å²) in [6.07, 6.45) is 5.42. The SMILES string of the molecule is C=CCSc1ccccc1-c1ncccn1. The number of aromatic nitrogens is 2. The standard InChI is InChI=1S/C13H12N2S/c1-2-10-16-12-7-4-3-6-11(12)13-14-8-5-9-15-13/h2-9H,1,10H2. The fraction of sp³-hybridized carbons (Fsp3) is 0.0769. The van der Waals surface area contributed by atoms with Crippen LogP contribution in [0.2, 0.25) is 0 Å². The van der Waals surface area contributed by atoms with Gasteiger partial charge in [-0.05, 0) is 12.1 Å². The van der Waals surface area contributed by atoms with Crippen LogP contribution in [-0.2, 0) is 0 Å². The highest BCUT2D eigenvalue weighted by Gasteiger charge is 2.05. The molecule has 1 aromatic heterocycles. The van der Waals surface area contributed by atoms with E-state index < -0.39 is 0 Å². The van der Waals surface area contributed by atoms with Crippen LogP contribution in [0.25, 0.3) is 11.4 Å². The van der Waals surface area contributed by atoms with E-state index >= 15 is 0 Å². The Kier molecular flexibility index (Phi) is 3.72. The van der Waals surface area contributed by atoms with Crippen LogP contribution in [-0.4, -0.2) is 15.7 Å². The van der Waals surface area contributed by atoms with E-state index in [0.717, 1.165) is 17.1 Å². The molecule has 80 valence electrons. The summed E-state index contributed by atoms with van der Waals surface area (Å²) < 4.78 is 0. The third kappa shape index (κ3) is 2.49. The van der Waals surface area contributed by atoms with Crippen molar-refractivity contribution in [2.75, 3.05) is 5.75 Å². The maximum atomic E-state index is 4.27. The van der Waals surface area contributed by atoms with Crippen LogP contribution in [0.15, 0.2) is 60.3 Å². The van der Waals surface area contributed by atoms with Crippen molar-refractivity contribution in [1.29, 1.82) is 0 Å². The lowest BCUT2D eigenvalue weighted by Gasteiger charge is -2.05. The highest BCUT2D eigenvalue weighted by molar-refractivity contribution is 7.99. The van der Waals surface area contributed by atoms with Gasteiger partial charge in [-0.3, -0.25) is 0 Å². The molecule has 0 radical (unpaired) electrons. The summed E-state index contributed by atoms with van der Waals surface area (Å²) in [6.45, 7) is 3.73. The highest BCUT2D eigenvalue weighted by Crippen LogP contribution is 2.28. The van der Waals surface area contributed by atoms with Gasteiger partial charge in [0.1, 0.15) is 0 Å². The number of benzene rings is 1. The van der Waals surface area contributed by atoms with E-state index in [9.17, 15) is 0 Å². The number of thioether (sulfide) groups is 1. The van der Waals surface area contributed by atoms with Crippen LogP contribution >= 0.6 is 11.8 Å². The molecule has 16 heavy (non-hydrogen) atoms. The van der Waals surface area contributed by atoms with Crippen molar-refractivity contribution in [2.45, 2.75) is 4.90 Å². The second kappa shape index (κ2) is 5.47. The molecule has 1 aromatic carbocycles. The van der Waals surface area contributed by atoms with Crippen molar-refractivity contribution < 1.29 is 0 Å².